The van der Waals surface area contributed by atoms with Gasteiger partial charge < -0.3 is 18.6 Å². The summed E-state index contributed by atoms with van der Waals surface area (Å²) in [5.41, 5.74) is 14.5. The molecule has 0 aliphatic heterocycles. The predicted octanol–water partition coefficient (Wildman–Crippen LogP) is 18.5. The minimum Gasteiger partial charge on any atom is -0.454 e. The predicted molar refractivity (Wildman–Crippen MR) is 300 cm³/mol. The monoisotopic (exact) mass is 910 g/mol. The van der Waals surface area contributed by atoms with Crippen LogP contribution in [0.4, 0.5) is 22.7 Å². The molecule has 12 aromatic rings. The third kappa shape index (κ3) is 6.78. The lowest BCUT2D eigenvalue weighted by atomic mass is 9.89. The molecule has 13 rings (SSSR count). The van der Waals surface area contributed by atoms with Crippen molar-refractivity contribution < 1.29 is 8.83 Å². The maximum absolute atomic E-state index is 7.01. The molecular formula is C67H46N2O2. The lowest BCUT2D eigenvalue weighted by molar-refractivity contribution is 0.668. The largest absolute Gasteiger partial charge is 0.454 e. The molecular weight excluding hydrogens is 865 g/mol. The number of rotatable bonds is 10. The molecule has 0 amide bonds. The second kappa shape index (κ2) is 17.0. The fourth-order valence-electron chi connectivity index (χ4n) is 11.1. The summed E-state index contributed by atoms with van der Waals surface area (Å²) < 4.78 is 14.0. The second-order valence-electron chi connectivity index (χ2n) is 18.2. The Morgan fingerprint density at radius 1 is 0.563 bits per heavy atom. The highest BCUT2D eigenvalue weighted by molar-refractivity contribution is 6.29. The zero-order valence-electron chi connectivity index (χ0n) is 39.4. The molecule has 0 unspecified atom stereocenters. The highest BCUT2D eigenvalue weighted by Gasteiger charge is 2.31. The summed E-state index contributed by atoms with van der Waals surface area (Å²) >= 11 is 0. The summed E-state index contributed by atoms with van der Waals surface area (Å²) in [5, 5.41) is 11.2. The molecule has 1 aliphatic rings. The summed E-state index contributed by atoms with van der Waals surface area (Å²) in [4.78, 5) is 4.87. The number of benzene rings is 10. The Bertz CT molecular complexity index is 4280. The van der Waals surface area contributed by atoms with E-state index in [-0.39, 0.29) is 0 Å². The summed E-state index contributed by atoms with van der Waals surface area (Å²) in [6.45, 7) is 8.58. The number of para-hydroxylation sites is 4. The molecule has 71 heavy (non-hydrogen) atoms. The lowest BCUT2D eigenvalue weighted by Crippen LogP contribution is -2.21. The van der Waals surface area contributed by atoms with Gasteiger partial charge in [-0.25, -0.2) is 0 Å². The Morgan fingerprint density at radius 3 is 1.82 bits per heavy atom. The van der Waals surface area contributed by atoms with Crippen LogP contribution in [0.15, 0.2) is 245 Å². The molecule has 0 atom stereocenters. The van der Waals surface area contributed by atoms with Gasteiger partial charge in [0.25, 0.3) is 0 Å². The minimum atomic E-state index is 0.479. The van der Waals surface area contributed by atoms with E-state index >= 15 is 0 Å². The van der Waals surface area contributed by atoms with E-state index in [9.17, 15) is 0 Å². The molecule has 10 aromatic carbocycles. The molecule has 0 N–H and O–H groups in total. The first-order chi connectivity index (χ1) is 35.1. The van der Waals surface area contributed by atoms with Crippen LogP contribution in [-0.2, 0) is 0 Å². The number of furan rings is 2. The van der Waals surface area contributed by atoms with Gasteiger partial charge in [-0.05, 0) is 89.2 Å². The third-order valence-corrected chi connectivity index (χ3v) is 14.1. The van der Waals surface area contributed by atoms with Crippen molar-refractivity contribution in [3.05, 3.63) is 253 Å². The van der Waals surface area contributed by atoms with E-state index in [0.717, 1.165) is 116 Å². The van der Waals surface area contributed by atoms with Crippen molar-refractivity contribution in [3.8, 4) is 11.8 Å². The van der Waals surface area contributed by atoms with Gasteiger partial charge in [0.1, 0.15) is 11.2 Å². The Hall–Kier alpha value is -9.30. The van der Waals surface area contributed by atoms with Crippen LogP contribution in [0.25, 0.3) is 87.3 Å². The zero-order chi connectivity index (χ0) is 47.6. The number of aryl methyl sites for hydroxylation is 1. The molecule has 0 spiro atoms. The number of hydrogen-bond donors (Lipinski definition) is 0. The van der Waals surface area contributed by atoms with Gasteiger partial charge >= 0.3 is 0 Å². The molecule has 4 heteroatoms. The molecule has 0 saturated heterocycles. The number of allylic oxidation sites excluding steroid dienone is 8. The van der Waals surface area contributed by atoms with Crippen LogP contribution in [0.1, 0.15) is 30.0 Å². The van der Waals surface area contributed by atoms with E-state index in [2.05, 4.69) is 236 Å². The van der Waals surface area contributed by atoms with Crippen LogP contribution in [0.2, 0.25) is 0 Å². The summed E-state index contributed by atoms with van der Waals surface area (Å²) in [5.74, 6) is 6.91. The van der Waals surface area contributed by atoms with Gasteiger partial charge in [0.05, 0.1) is 29.2 Å². The van der Waals surface area contributed by atoms with E-state index in [1.807, 2.05) is 24.3 Å². The fraction of sp³-hybridized carbons (Fsp3) is 0.0448. The van der Waals surface area contributed by atoms with Gasteiger partial charge in [0.15, 0.2) is 11.2 Å². The first-order valence-electron chi connectivity index (χ1n) is 24.2. The number of nitrogens with zero attached hydrogens (tertiary/aromatic N) is 2. The molecule has 1 aliphatic carbocycles. The van der Waals surface area contributed by atoms with Crippen molar-refractivity contribution in [2.75, 3.05) is 9.80 Å². The second-order valence-corrected chi connectivity index (χ2v) is 18.2. The first kappa shape index (κ1) is 41.9. The Balaban J connectivity index is 1.22. The van der Waals surface area contributed by atoms with Crippen molar-refractivity contribution >= 4 is 110 Å². The normalized spacial score (nSPS) is 13.3. The molecule has 336 valence electrons. The average Bonchev–Trinajstić information content (AvgIpc) is 3.90. The third-order valence-electron chi connectivity index (χ3n) is 14.1. The van der Waals surface area contributed by atoms with E-state index in [1.54, 1.807) is 0 Å². The van der Waals surface area contributed by atoms with Gasteiger partial charge in [0, 0.05) is 60.2 Å². The van der Waals surface area contributed by atoms with Gasteiger partial charge in [-0.15, -0.1) is 0 Å². The Kier molecular flexibility index (Phi) is 10.0. The SMILES string of the molecule is C=C/C=C(\C(=C/C)N(c1cc(N(C2=C(c3ccccc3)C=CC#CC2)c2cccc3c2oc2ccccc23)c2ccc3cc(C)cc4ccc1c2c34)c1cccc2c1oc1ccccc12)c1ccccc1. The van der Waals surface area contributed by atoms with E-state index in [4.69, 9.17) is 8.83 Å². The Morgan fingerprint density at radius 2 is 1.15 bits per heavy atom. The van der Waals surface area contributed by atoms with Crippen LogP contribution < -0.4 is 9.80 Å². The molecule has 2 aromatic heterocycles. The van der Waals surface area contributed by atoms with E-state index in [0.29, 0.717) is 6.42 Å². The van der Waals surface area contributed by atoms with Crippen molar-refractivity contribution in [1.82, 2.24) is 0 Å². The van der Waals surface area contributed by atoms with Gasteiger partial charge in [0.2, 0.25) is 0 Å². The van der Waals surface area contributed by atoms with Crippen LogP contribution in [0, 0.1) is 18.8 Å². The van der Waals surface area contributed by atoms with Crippen LogP contribution in [0.3, 0.4) is 0 Å². The number of hydrogen-bond acceptors (Lipinski definition) is 4. The van der Waals surface area contributed by atoms with E-state index < -0.39 is 0 Å². The van der Waals surface area contributed by atoms with Crippen LogP contribution >= 0.6 is 0 Å². The molecule has 0 bridgehead atoms. The summed E-state index contributed by atoms with van der Waals surface area (Å²) in [6, 6.07) is 67.2. The molecule has 0 fully saturated rings. The lowest BCUT2D eigenvalue weighted by Gasteiger charge is -2.35. The molecule has 4 nitrogen and oxygen atoms in total. The molecule has 0 radical (unpaired) electrons. The van der Waals surface area contributed by atoms with Crippen molar-refractivity contribution in [3.63, 3.8) is 0 Å². The number of anilines is 4. The fourth-order valence-corrected chi connectivity index (χ4v) is 11.1. The maximum atomic E-state index is 7.01. The van der Waals surface area contributed by atoms with Gasteiger partial charge in [-0.1, -0.05) is 194 Å². The first-order valence-corrected chi connectivity index (χ1v) is 24.2. The van der Waals surface area contributed by atoms with Crippen LogP contribution in [-0.4, -0.2) is 0 Å². The number of fused-ring (bicyclic) bond motifs is 6. The quantitative estimate of drug-likeness (QED) is 0.0777. The minimum absolute atomic E-state index is 0.479. The van der Waals surface area contributed by atoms with Gasteiger partial charge in [-0.2, -0.15) is 0 Å². The summed E-state index contributed by atoms with van der Waals surface area (Å²) in [7, 11) is 0. The highest BCUT2D eigenvalue weighted by Crippen LogP contribution is 2.53. The summed E-state index contributed by atoms with van der Waals surface area (Å²) in [6.07, 6.45) is 10.9. The van der Waals surface area contributed by atoms with Crippen molar-refractivity contribution in [2.24, 2.45) is 0 Å². The topological polar surface area (TPSA) is 32.8 Å². The highest BCUT2D eigenvalue weighted by atomic mass is 16.3. The van der Waals surface area contributed by atoms with Gasteiger partial charge in [-0.3, -0.25) is 0 Å². The smallest absolute Gasteiger partial charge is 0.159 e. The van der Waals surface area contributed by atoms with Crippen molar-refractivity contribution in [2.45, 2.75) is 20.3 Å². The van der Waals surface area contributed by atoms with Crippen molar-refractivity contribution in [1.29, 1.82) is 0 Å². The van der Waals surface area contributed by atoms with Crippen LogP contribution in [0.5, 0.6) is 0 Å². The average molecular weight is 911 g/mol. The standard InChI is InChI=1S/C67H46N2O2/c1-4-21-48(44-22-9-6-10-23-44)56(5-2)68(58-32-19-29-52-50-27-15-17-34-62(50)70-66(52)58)60-42-61(55-39-37-47-41-43(3)40-46-36-38-54(60)65(55)64(46)47)69(57-31-14-8-13-26-49(57)45-24-11-7-12-25-45)59-33-20-30-53-51-28-16-18-35-63(51)71-67(53)59/h4-7,9-13,15-30,32-42H,1,31H2,2-3H3/b48-21-,56-5+. The Labute approximate surface area is 412 Å². The maximum Gasteiger partial charge on any atom is 0.159 e. The molecule has 2 heterocycles. The zero-order valence-corrected chi connectivity index (χ0v) is 39.4. The molecule has 0 saturated carbocycles. The van der Waals surface area contributed by atoms with E-state index in [1.165, 1.54) is 21.7 Å².